The van der Waals surface area contributed by atoms with Crippen LogP contribution in [0.5, 0.6) is 0 Å². The molecular weight excluding hydrogens is 372 g/mol. The molecule has 3 aromatic rings. The molecule has 0 unspecified atom stereocenters. The molecule has 0 saturated carbocycles. The zero-order chi connectivity index (χ0) is 19.9. The van der Waals surface area contributed by atoms with Crippen LogP contribution in [-0.4, -0.2) is 27.3 Å². The van der Waals surface area contributed by atoms with E-state index in [0.29, 0.717) is 13.1 Å². The van der Waals surface area contributed by atoms with Gasteiger partial charge < -0.3 is 10.6 Å². The van der Waals surface area contributed by atoms with Crippen LogP contribution in [0.15, 0.2) is 53.7 Å². The molecule has 0 amide bonds. The maximum atomic E-state index is 5.93. The summed E-state index contributed by atoms with van der Waals surface area (Å²) >= 11 is 5.93. The van der Waals surface area contributed by atoms with Gasteiger partial charge in [0.1, 0.15) is 0 Å². The van der Waals surface area contributed by atoms with Gasteiger partial charge >= 0.3 is 0 Å². The lowest BCUT2D eigenvalue weighted by atomic mass is 10.2. The minimum atomic E-state index is 0.542. The number of aromatic nitrogens is 3. The molecule has 6 nitrogen and oxygen atoms in total. The molecule has 1 aromatic carbocycles. The van der Waals surface area contributed by atoms with Crippen LogP contribution in [0.4, 0.5) is 0 Å². The molecule has 0 atom stereocenters. The summed E-state index contributed by atoms with van der Waals surface area (Å²) in [6.07, 6.45) is 1.85. The van der Waals surface area contributed by atoms with E-state index in [1.807, 2.05) is 74.1 Å². The molecular formula is C21H25ClN6. The van der Waals surface area contributed by atoms with Crippen molar-refractivity contribution < 1.29 is 0 Å². The Labute approximate surface area is 170 Å². The third kappa shape index (κ3) is 5.33. The topological polar surface area (TPSA) is 67.1 Å². The molecule has 0 radical (unpaired) electrons. The van der Waals surface area contributed by atoms with Crippen molar-refractivity contribution in [1.29, 1.82) is 0 Å². The number of halogens is 1. The maximum absolute atomic E-state index is 5.93. The van der Waals surface area contributed by atoms with Crippen molar-refractivity contribution in [3.63, 3.8) is 0 Å². The lowest BCUT2D eigenvalue weighted by molar-refractivity contribution is 0.799. The number of aliphatic imine (C=N–C) groups is 1. The van der Waals surface area contributed by atoms with Crippen LogP contribution in [0.1, 0.15) is 29.4 Å². The molecule has 2 N–H and O–H groups in total. The predicted molar refractivity (Wildman–Crippen MR) is 114 cm³/mol. The second-order valence-electron chi connectivity index (χ2n) is 6.54. The first kappa shape index (κ1) is 19.9. The van der Waals surface area contributed by atoms with Gasteiger partial charge in [-0.05, 0) is 56.2 Å². The van der Waals surface area contributed by atoms with E-state index in [2.05, 4.69) is 25.7 Å². The van der Waals surface area contributed by atoms with Gasteiger partial charge in [-0.1, -0.05) is 29.8 Å². The predicted octanol–water partition coefficient (Wildman–Crippen LogP) is 3.79. The van der Waals surface area contributed by atoms with Crippen LogP contribution >= 0.6 is 11.6 Å². The summed E-state index contributed by atoms with van der Waals surface area (Å²) in [6.45, 7) is 8.06. The SMILES string of the molecule is CCNC(=NCc1ccc(-n2nc(C)cc2C)nc1)NCc1ccc(Cl)cc1. The third-order valence-corrected chi connectivity index (χ3v) is 4.42. The van der Waals surface area contributed by atoms with E-state index in [1.54, 1.807) is 0 Å². The van der Waals surface area contributed by atoms with Gasteiger partial charge in [0.2, 0.25) is 0 Å². The van der Waals surface area contributed by atoms with Gasteiger partial charge in [-0.3, -0.25) is 0 Å². The van der Waals surface area contributed by atoms with Crippen molar-refractivity contribution >= 4 is 17.6 Å². The summed E-state index contributed by atoms with van der Waals surface area (Å²) in [6, 6.07) is 13.8. The van der Waals surface area contributed by atoms with Crippen LogP contribution in [-0.2, 0) is 13.1 Å². The van der Waals surface area contributed by atoms with E-state index in [0.717, 1.165) is 45.9 Å². The number of guanidine groups is 1. The highest BCUT2D eigenvalue weighted by Crippen LogP contribution is 2.11. The molecule has 0 fully saturated rings. The molecule has 7 heteroatoms. The van der Waals surface area contributed by atoms with Crippen LogP contribution in [0.3, 0.4) is 0 Å². The molecule has 28 heavy (non-hydrogen) atoms. The van der Waals surface area contributed by atoms with Crippen LogP contribution in [0.25, 0.3) is 5.82 Å². The fourth-order valence-electron chi connectivity index (χ4n) is 2.80. The molecule has 0 bridgehead atoms. The second-order valence-corrected chi connectivity index (χ2v) is 6.98. The van der Waals surface area contributed by atoms with Crippen LogP contribution < -0.4 is 10.6 Å². The van der Waals surface area contributed by atoms with Crippen molar-refractivity contribution in [3.05, 3.63) is 76.2 Å². The van der Waals surface area contributed by atoms with Crippen molar-refractivity contribution in [2.24, 2.45) is 4.99 Å². The van der Waals surface area contributed by atoms with Crippen molar-refractivity contribution in [1.82, 2.24) is 25.4 Å². The van der Waals surface area contributed by atoms with Crippen molar-refractivity contribution in [2.45, 2.75) is 33.9 Å². The Morgan fingerprint density at radius 3 is 2.43 bits per heavy atom. The standard InChI is InChI=1S/C21H25ClN6/c1-4-23-21(25-12-17-5-8-19(22)9-6-17)26-14-18-7-10-20(24-13-18)28-16(3)11-15(2)27-28/h5-11,13H,4,12,14H2,1-3H3,(H2,23,25,26). The number of benzene rings is 1. The van der Waals surface area contributed by atoms with Crippen molar-refractivity contribution in [2.75, 3.05) is 6.54 Å². The highest BCUT2D eigenvalue weighted by atomic mass is 35.5. The molecule has 3 rings (SSSR count). The van der Waals surface area contributed by atoms with Gasteiger partial charge in [0.15, 0.2) is 11.8 Å². The largest absolute Gasteiger partial charge is 0.357 e. The van der Waals surface area contributed by atoms with Crippen LogP contribution in [0, 0.1) is 13.8 Å². The first-order valence-electron chi connectivity index (χ1n) is 9.30. The number of hydrogen-bond donors (Lipinski definition) is 2. The smallest absolute Gasteiger partial charge is 0.191 e. The fourth-order valence-corrected chi connectivity index (χ4v) is 2.92. The van der Waals surface area contributed by atoms with Gasteiger partial charge in [0, 0.05) is 30.0 Å². The lowest BCUT2D eigenvalue weighted by Crippen LogP contribution is -2.36. The minimum absolute atomic E-state index is 0.542. The Morgan fingerprint density at radius 1 is 1.07 bits per heavy atom. The molecule has 2 heterocycles. The second kappa shape index (κ2) is 9.37. The normalized spacial score (nSPS) is 11.5. The zero-order valence-electron chi connectivity index (χ0n) is 16.4. The molecule has 0 saturated heterocycles. The van der Waals surface area contributed by atoms with E-state index < -0.39 is 0 Å². The molecule has 0 aliphatic rings. The van der Waals surface area contributed by atoms with Crippen molar-refractivity contribution in [3.8, 4) is 5.82 Å². The number of pyridine rings is 1. The molecule has 0 aliphatic carbocycles. The molecule has 146 valence electrons. The molecule has 0 spiro atoms. The van der Waals surface area contributed by atoms with Gasteiger partial charge in [0.05, 0.1) is 12.2 Å². The van der Waals surface area contributed by atoms with E-state index in [-0.39, 0.29) is 0 Å². The van der Waals surface area contributed by atoms with Gasteiger partial charge in [-0.15, -0.1) is 0 Å². The number of rotatable bonds is 6. The van der Waals surface area contributed by atoms with Gasteiger partial charge in [0.25, 0.3) is 0 Å². The van der Waals surface area contributed by atoms with E-state index in [1.165, 1.54) is 0 Å². The highest BCUT2D eigenvalue weighted by Gasteiger charge is 2.05. The van der Waals surface area contributed by atoms with Gasteiger partial charge in [-0.2, -0.15) is 5.10 Å². The van der Waals surface area contributed by atoms with E-state index in [4.69, 9.17) is 11.6 Å². The summed E-state index contributed by atoms with van der Waals surface area (Å²) in [7, 11) is 0. The first-order valence-corrected chi connectivity index (χ1v) is 9.68. The zero-order valence-corrected chi connectivity index (χ0v) is 17.2. The highest BCUT2D eigenvalue weighted by molar-refractivity contribution is 6.30. The van der Waals surface area contributed by atoms with E-state index >= 15 is 0 Å². The third-order valence-electron chi connectivity index (χ3n) is 4.17. The number of nitrogens with one attached hydrogen (secondary N) is 2. The summed E-state index contributed by atoms with van der Waals surface area (Å²) in [5.41, 5.74) is 4.23. The Hall–Kier alpha value is -2.86. The quantitative estimate of drug-likeness (QED) is 0.491. The van der Waals surface area contributed by atoms with Gasteiger partial charge in [-0.25, -0.2) is 14.7 Å². The first-order chi connectivity index (χ1) is 13.5. The Kier molecular flexibility index (Phi) is 6.66. The lowest BCUT2D eigenvalue weighted by Gasteiger charge is -2.11. The minimum Gasteiger partial charge on any atom is -0.357 e. The number of aryl methyl sites for hydroxylation is 2. The fraction of sp³-hybridized carbons (Fsp3) is 0.286. The Bertz CT molecular complexity index is 929. The monoisotopic (exact) mass is 396 g/mol. The summed E-state index contributed by atoms with van der Waals surface area (Å²) in [5.74, 6) is 1.58. The Balaban J connectivity index is 1.63. The molecule has 2 aromatic heterocycles. The van der Waals surface area contributed by atoms with E-state index in [9.17, 15) is 0 Å². The maximum Gasteiger partial charge on any atom is 0.191 e. The Morgan fingerprint density at radius 2 is 1.82 bits per heavy atom. The molecule has 0 aliphatic heterocycles. The van der Waals surface area contributed by atoms with Crippen LogP contribution in [0.2, 0.25) is 5.02 Å². The average molecular weight is 397 g/mol. The summed E-state index contributed by atoms with van der Waals surface area (Å²) < 4.78 is 1.85. The average Bonchev–Trinajstić information content (AvgIpc) is 3.04. The number of nitrogens with zero attached hydrogens (tertiary/aromatic N) is 4. The summed E-state index contributed by atoms with van der Waals surface area (Å²) in [5, 5.41) is 11.8. The summed E-state index contributed by atoms with van der Waals surface area (Å²) in [4.78, 5) is 9.17. The number of hydrogen-bond acceptors (Lipinski definition) is 3.